The molecule has 25 heavy (non-hydrogen) atoms. The molecule has 1 aliphatic heterocycles. The van der Waals surface area contributed by atoms with E-state index >= 15 is 0 Å². The normalized spacial score (nSPS) is 29.2. The second-order valence-corrected chi connectivity index (χ2v) is 7.97. The molecular formula is C15H20FN2O6P. The molecule has 0 radical (unpaired) electrons. The van der Waals surface area contributed by atoms with Crippen molar-refractivity contribution in [3.05, 3.63) is 29.8 Å². The van der Waals surface area contributed by atoms with Crippen LogP contribution in [0.1, 0.15) is 11.8 Å². The van der Waals surface area contributed by atoms with Crippen LogP contribution in [-0.2, 0) is 18.6 Å². The molecule has 0 bridgehead atoms. The number of aromatic nitrogens is 2. The Morgan fingerprint density at radius 2 is 2.20 bits per heavy atom. The van der Waals surface area contributed by atoms with E-state index in [0.717, 1.165) is 6.66 Å². The van der Waals surface area contributed by atoms with Crippen LogP contribution in [0.15, 0.2) is 18.5 Å². The number of halogens is 1. The molecule has 3 rings (SSSR count). The van der Waals surface area contributed by atoms with E-state index in [9.17, 15) is 19.0 Å². The molecule has 10 heteroatoms. The van der Waals surface area contributed by atoms with Gasteiger partial charge in [-0.15, -0.1) is 0 Å². The van der Waals surface area contributed by atoms with E-state index in [1.165, 1.54) is 24.1 Å². The van der Waals surface area contributed by atoms with Crippen molar-refractivity contribution in [3.63, 3.8) is 0 Å². The summed E-state index contributed by atoms with van der Waals surface area (Å²) in [5.41, 5.74) is 1.29. The SMILES string of the molecule is COC[C@H]1O[C@@H](n2cnc3c(F)cc(C)cc32)C(O)C1OP(C)(=O)O. The molecule has 3 unspecified atom stereocenters. The number of ether oxygens (including phenoxy) is 2. The van der Waals surface area contributed by atoms with E-state index in [1.807, 2.05) is 0 Å². The maximum atomic E-state index is 14.0. The molecule has 5 atom stereocenters. The number of imidazole rings is 1. The summed E-state index contributed by atoms with van der Waals surface area (Å²) in [5, 5.41) is 10.6. The van der Waals surface area contributed by atoms with Gasteiger partial charge in [-0.2, -0.15) is 0 Å². The Hall–Kier alpha value is -1.35. The predicted octanol–water partition coefficient (Wildman–Crippen LogP) is 1.59. The second kappa shape index (κ2) is 6.75. The quantitative estimate of drug-likeness (QED) is 0.766. The Morgan fingerprint density at radius 3 is 2.84 bits per heavy atom. The van der Waals surface area contributed by atoms with Crippen molar-refractivity contribution in [2.75, 3.05) is 20.4 Å². The van der Waals surface area contributed by atoms with E-state index in [-0.39, 0.29) is 12.1 Å². The van der Waals surface area contributed by atoms with Gasteiger partial charge >= 0.3 is 7.60 Å². The third-order valence-corrected chi connectivity index (χ3v) is 4.64. The number of methoxy groups -OCH3 is 1. The number of fused-ring (bicyclic) bond motifs is 1. The van der Waals surface area contributed by atoms with Crippen molar-refractivity contribution in [1.82, 2.24) is 9.55 Å². The molecule has 2 heterocycles. The number of nitrogens with zero attached hydrogens (tertiary/aromatic N) is 2. The number of aryl methyl sites for hydroxylation is 1. The van der Waals surface area contributed by atoms with Crippen LogP contribution in [0, 0.1) is 12.7 Å². The van der Waals surface area contributed by atoms with Gasteiger partial charge in [0.15, 0.2) is 12.0 Å². The summed E-state index contributed by atoms with van der Waals surface area (Å²) in [6, 6.07) is 3.09. The molecule has 2 aromatic rings. The van der Waals surface area contributed by atoms with Crippen LogP contribution in [0.2, 0.25) is 0 Å². The van der Waals surface area contributed by atoms with Crippen LogP contribution >= 0.6 is 7.60 Å². The number of hydrogen-bond acceptors (Lipinski definition) is 6. The van der Waals surface area contributed by atoms with E-state index in [4.69, 9.17) is 14.0 Å². The highest BCUT2D eigenvalue weighted by Gasteiger charge is 2.47. The Kier molecular flexibility index (Phi) is 4.98. The molecule has 0 spiro atoms. The molecule has 1 aromatic carbocycles. The first-order valence-corrected chi connectivity index (χ1v) is 9.67. The van der Waals surface area contributed by atoms with Gasteiger partial charge in [0.2, 0.25) is 0 Å². The zero-order chi connectivity index (χ0) is 18.4. The first-order chi connectivity index (χ1) is 11.7. The zero-order valence-electron chi connectivity index (χ0n) is 14.0. The second-order valence-electron chi connectivity index (χ2n) is 6.15. The van der Waals surface area contributed by atoms with Gasteiger partial charge in [0.25, 0.3) is 0 Å². The molecule has 0 amide bonds. The number of hydrogen-bond donors (Lipinski definition) is 2. The van der Waals surface area contributed by atoms with Gasteiger partial charge in [-0.25, -0.2) is 9.37 Å². The molecule has 0 aliphatic carbocycles. The number of rotatable bonds is 5. The highest BCUT2D eigenvalue weighted by atomic mass is 31.2. The Labute approximate surface area is 143 Å². The standard InChI is InChI=1S/C15H20FN2O6P/c1-8-4-9(16)12-10(5-8)18(7-17-12)15-13(19)14(24-25(3,20)21)11(23-15)6-22-2/h4-5,7,11,13-15,19H,6H2,1-3H3,(H,20,21)/t11-,13?,14?,15-/m1/s1. The lowest BCUT2D eigenvalue weighted by atomic mass is 10.1. The highest BCUT2D eigenvalue weighted by Crippen LogP contribution is 2.44. The lowest BCUT2D eigenvalue weighted by Gasteiger charge is -2.21. The summed E-state index contributed by atoms with van der Waals surface area (Å²) in [4.78, 5) is 13.5. The van der Waals surface area contributed by atoms with E-state index in [0.29, 0.717) is 11.1 Å². The molecule has 1 aromatic heterocycles. The fourth-order valence-electron chi connectivity index (χ4n) is 3.03. The number of benzene rings is 1. The largest absolute Gasteiger partial charge is 0.386 e. The van der Waals surface area contributed by atoms with Crippen molar-refractivity contribution in [2.45, 2.75) is 31.5 Å². The average molecular weight is 374 g/mol. The van der Waals surface area contributed by atoms with Crippen LogP contribution in [0.5, 0.6) is 0 Å². The van der Waals surface area contributed by atoms with Gasteiger partial charge in [0.1, 0.15) is 23.8 Å². The first kappa shape index (κ1) is 18.4. The maximum absolute atomic E-state index is 14.0. The van der Waals surface area contributed by atoms with Crippen LogP contribution in [0.25, 0.3) is 11.0 Å². The van der Waals surface area contributed by atoms with Crippen molar-refractivity contribution < 1.29 is 33.0 Å². The summed E-state index contributed by atoms with van der Waals surface area (Å²) in [5.74, 6) is -0.476. The lowest BCUT2D eigenvalue weighted by Crippen LogP contribution is -2.35. The summed E-state index contributed by atoms with van der Waals surface area (Å²) in [6.07, 6.45) is -2.70. The first-order valence-electron chi connectivity index (χ1n) is 7.65. The minimum atomic E-state index is -3.86. The molecule has 1 saturated heterocycles. The molecule has 2 N–H and O–H groups in total. The zero-order valence-corrected chi connectivity index (χ0v) is 14.9. The molecule has 1 aliphatic rings. The number of aliphatic hydroxyl groups excluding tert-OH is 1. The minimum absolute atomic E-state index is 0.0538. The van der Waals surface area contributed by atoms with E-state index < -0.39 is 38.0 Å². The highest BCUT2D eigenvalue weighted by molar-refractivity contribution is 7.51. The van der Waals surface area contributed by atoms with Crippen LogP contribution in [-0.4, -0.2) is 58.2 Å². The van der Waals surface area contributed by atoms with Gasteiger partial charge in [-0.1, -0.05) is 0 Å². The summed E-state index contributed by atoms with van der Waals surface area (Å²) in [6.45, 7) is 2.82. The Bertz CT molecular complexity index is 822. The monoisotopic (exact) mass is 374 g/mol. The fraction of sp³-hybridized carbons (Fsp3) is 0.533. The third-order valence-electron chi connectivity index (χ3n) is 4.01. The van der Waals surface area contributed by atoms with Gasteiger partial charge in [-0.05, 0) is 24.6 Å². The lowest BCUT2D eigenvalue weighted by molar-refractivity contribution is -0.0569. The Balaban J connectivity index is 1.99. The van der Waals surface area contributed by atoms with Crippen LogP contribution in [0.4, 0.5) is 4.39 Å². The summed E-state index contributed by atoms with van der Waals surface area (Å²) in [7, 11) is -2.42. The van der Waals surface area contributed by atoms with Crippen molar-refractivity contribution in [3.8, 4) is 0 Å². The molecule has 0 saturated carbocycles. The molecule has 1 fully saturated rings. The Morgan fingerprint density at radius 1 is 1.48 bits per heavy atom. The van der Waals surface area contributed by atoms with Crippen molar-refractivity contribution >= 4 is 18.6 Å². The molecular weight excluding hydrogens is 354 g/mol. The van der Waals surface area contributed by atoms with E-state index in [1.54, 1.807) is 13.0 Å². The van der Waals surface area contributed by atoms with Crippen LogP contribution in [0.3, 0.4) is 0 Å². The van der Waals surface area contributed by atoms with Crippen molar-refractivity contribution in [1.29, 1.82) is 0 Å². The van der Waals surface area contributed by atoms with Gasteiger partial charge in [0, 0.05) is 13.8 Å². The number of aliphatic hydroxyl groups is 1. The fourth-order valence-corrected chi connectivity index (χ4v) is 3.74. The van der Waals surface area contributed by atoms with Gasteiger partial charge < -0.3 is 24.0 Å². The topological polar surface area (TPSA) is 103 Å². The van der Waals surface area contributed by atoms with Gasteiger partial charge in [-0.3, -0.25) is 9.09 Å². The predicted molar refractivity (Wildman–Crippen MR) is 86.8 cm³/mol. The molecule has 8 nitrogen and oxygen atoms in total. The van der Waals surface area contributed by atoms with Gasteiger partial charge in [0.05, 0.1) is 18.5 Å². The van der Waals surface area contributed by atoms with Crippen LogP contribution < -0.4 is 0 Å². The minimum Gasteiger partial charge on any atom is -0.386 e. The summed E-state index contributed by atoms with van der Waals surface area (Å²) >= 11 is 0. The third kappa shape index (κ3) is 3.62. The average Bonchev–Trinajstić information content (AvgIpc) is 3.02. The molecule has 138 valence electrons. The summed E-state index contributed by atoms with van der Waals surface area (Å²) < 4.78 is 43.1. The maximum Gasteiger partial charge on any atom is 0.325 e. The van der Waals surface area contributed by atoms with Crippen molar-refractivity contribution in [2.24, 2.45) is 0 Å². The smallest absolute Gasteiger partial charge is 0.325 e. The van der Waals surface area contributed by atoms with E-state index in [2.05, 4.69) is 4.98 Å².